The summed E-state index contributed by atoms with van der Waals surface area (Å²) in [5.41, 5.74) is 2.86. The van der Waals surface area contributed by atoms with Crippen molar-refractivity contribution in [3.63, 3.8) is 0 Å². The highest BCUT2D eigenvalue weighted by Crippen LogP contribution is 2.22. The summed E-state index contributed by atoms with van der Waals surface area (Å²) in [6.45, 7) is 0.431. The summed E-state index contributed by atoms with van der Waals surface area (Å²) < 4.78 is 3.02. The zero-order chi connectivity index (χ0) is 13.2. The quantitative estimate of drug-likeness (QED) is 0.620. The number of aromatic nitrogens is 1. The lowest BCUT2D eigenvalue weighted by Crippen LogP contribution is -2.38. The average molecular weight is 337 g/mol. The summed E-state index contributed by atoms with van der Waals surface area (Å²) in [6, 6.07) is 5.98. The molecular formula is C15H15BrNOS+. The molecule has 0 spiro atoms. The van der Waals surface area contributed by atoms with Crippen molar-refractivity contribution in [1.82, 2.24) is 0 Å². The van der Waals surface area contributed by atoms with Crippen LogP contribution in [0.4, 0.5) is 0 Å². The number of thiophene rings is 1. The van der Waals surface area contributed by atoms with Crippen LogP contribution in [-0.2, 0) is 19.4 Å². The fourth-order valence-corrected chi connectivity index (χ4v) is 3.84. The number of Topliss-reactive ketones (excluding diaryl/α,β-unsaturated/α-hetero) is 1. The predicted molar refractivity (Wildman–Crippen MR) is 79.6 cm³/mol. The summed E-state index contributed by atoms with van der Waals surface area (Å²) in [5.74, 6) is 0.177. The lowest BCUT2D eigenvalue weighted by molar-refractivity contribution is -0.683. The van der Waals surface area contributed by atoms with E-state index in [1.165, 1.54) is 41.7 Å². The van der Waals surface area contributed by atoms with Gasteiger partial charge in [0, 0.05) is 11.6 Å². The van der Waals surface area contributed by atoms with Crippen LogP contribution in [0.3, 0.4) is 0 Å². The minimum absolute atomic E-state index is 0.177. The Morgan fingerprint density at radius 1 is 1.21 bits per heavy atom. The van der Waals surface area contributed by atoms with Crippen LogP contribution in [0.25, 0.3) is 0 Å². The standard InChI is InChI=1S/C15H15BrNOS/c16-15-6-5-14(19-15)13(18)10-17-8-7-11-3-1-2-4-12(11)9-17/h5-9H,1-4,10H2/q+1. The molecule has 0 amide bonds. The molecule has 0 saturated heterocycles. The summed E-state index contributed by atoms with van der Waals surface area (Å²) in [4.78, 5) is 13.0. The molecule has 0 saturated carbocycles. The second kappa shape index (κ2) is 5.55. The molecular weight excluding hydrogens is 322 g/mol. The number of hydrogen-bond donors (Lipinski definition) is 0. The van der Waals surface area contributed by atoms with Gasteiger partial charge in [-0.2, -0.15) is 4.57 Å². The third-order valence-electron chi connectivity index (χ3n) is 3.52. The van der Waals surface area contributed by atoms with Crippen LogP contribution in [0.1, 0.15) is 33.6 Å². The molecule has 98 valence electrons. The molecule has 2 aromatic rings. The zero-order valence-corrected chi connectivity index (χ0v) is 13.0. The Hall–Kier alpha value is -1.000. The second-order valence-electron chi connectivity index (χ2n) is 4.90. The summed E-state index contributed by atoms with van der Waals surface area (Å²) in [6.07, 6.45) is 9.07. The number of hydrogen-bond acceptors (Lipinski definition) is 2. The Morgan fingerprint density at radius 2 is 2.00 bits per heavy atom. The Balaban J connectivity index is 1.78. The van der Waals surface area contributed by atoms with Crippen LogP contribution in [0, 0.1) is 0 Å². The maximum atomic E-state index is 12.2. The molecule has 2 aromatic heterocycles. The average Bonchev–Trinajstić information content (AvgIpc) is 2.85. The van der Waals surface area contributed by atoms with Crippen LogP contribution in [0.2, 0.25) is 0 Å². The molecule has 3 rings (SSSR count). The molecule has 0 atom stereocenters. The SMILES string of the molecule is O=C(C[n+]1ccc2c(c1)CCCC2)c1ccc(Br)s1. The van der Waals surface area contributed by atoms with Gasteiger partial charge in [-0.05, 0) is 59.3 Å². The van der Waals surface area contributed by atoms with Gasteiger partial charge < -0.3 is 0 Å². The van der Waals surface area contributed by atoms with Gasteiger partial charge in [0.05, 0.1) is 8.66 Å². The molecule has 19 heavy (non-hydrogen) atoms. The van der Waals surface area contributed by atoms with Gasteiger partial charge in [-0.25, -0.2) is 0 Å². The Bertz CT molecular complexity index is 620. The summed E-state index contributed by atoms with van der Waals surface area (Å²) >= 11 is 4.89. The molecule has 0 aliphatic heterocycles. The molecule has 0 radical (unpaired) electrons. The number of carbonyl (C=O) groups is 1. The van der Waals surface area contributed by atoms with Gasteiger partial charge in [0.15, 0.2) is 12.4 Å². The van der Waals surface area contributed by atoms with E-state index in [4.69, 9.17) is 0 Å². The number of carbonyl (C=O) groups excluding carboxylic acids is 1. The van der Waals surface area contributed by atoms with Gasteiger partial charge >= 0.3 is 0 Å². The lowest BCUT2D eigenvalue weighted by Gasteiger charge is -2.13. The topological polar surface area (TPSA) is 20.9 Å². The van der Waals surface area contributed by atoms with Gasteiger partial charge in [-0.15, -0.1) is 11.3 Å². The second-order valence-corrected chi connectivity index (χ2v) is 7.36. The fraction of sp³-hybridized carbons (Fsp3) is 0.333. The largest absolute Gasteiger partial charge is 0.286 e. The van der Waals surface area contributed by atoms with Gasteiger partial charge in [-0.3, -0.25) is 4.79 Å². The minimum atomic E-state index is 0.177. The van der Waals surface area contributed by atoms with Gasteiger partial charge in [0.2, 0.25) is 12.3 Å². The van der Waals surface area contributed by atoms with E-state index >= 15 is 0 Å². The van der Waals surface area contributed by atoms with E-state index in [1.807, 2.05) is 22.9 Å². The molecule has 0 fully saturated rings. The molecule has 4 heteroatoms. The first-order valence-corrected chi connectivity index (χ1v) is 8.13. The van der Waals surface area contributed by atoms with E-state index in [-0.39, 0.29) is 5.78 Å². The first-order valence-electron chi connectivity index (χ1n) is 6.52. The number of fused-ring (bicyclic) bond motifs is 1. The van der Waals surface area contributed by atoms with Crippen LogP contribution in [0.5, 0.6) is 0 Å². The van der Waals surface area contributed by atoms with Crippen LogP contribution < -0.4 is 4.57 Å². The maximum Gasteiger partial charge on any atom is 0.237 e. The van der Waals surface area contributed by atoms with E-state index in [9.17, 15) is 4.79 Å². The fourth-order valence-electron chi connectivity index (χ4n) is 2.52. The monoisotopic (exact) mass is 336 g/mol. The van der Waals surface area contributed by atoms with Crippen molar-refractivity contribution in [2.45, 2.75) is 32.2 Å². The highest BCUT2D eigenvalue weighted by molar-refractivity contribution is 9.11. The van der Waals surface area contributed by atoms with Crippen molar-refractivity contribution < 1.29 is 9.36 Å². The Morgan fingerprint density at radius 3 is 2.74 bits per heavy atom. The maximum absolute atomic E-state index is 12.2. The summed E-state index contributed by atoms with van der Waals surface area (Å²) in [7, 11) is 0. The van der Waals surface area contributed by atoms with Crippen molar-refractivity contribution >= 4 is 33.0 Å². The predicted octanol–water partition coefficient (Wildman–Crippen LogP) is 3.56. The van der Waals surface area contributed by atoms with Crippen molar-refractivity contribution in [1.29, 1.82) is 0 Å². The number of ketones is 1. The minimum Gasteiger partial charge on any atom is -0.286 e. The first kappa shape index (κ1) is 13.0. The highest BCUT2D eigenvalue weighted by Gasteiger charge is 2.17. The van der Waals surface area contributed by atoms with Gasteiger partial charge in [0.25, 0.3) is 0 Å². The number of pyridine rings is 1. The number of halogens is 1. The molecule has 0 unspecified atom stereocenters. The van der Waals surface area contributed by atoms with Crippen molar-refractivity contribution in [3.8, 4) is 0 Å². The van der Waals surface area contributed by atoms with Gasteiger partial charge in [0.1, 0.15) is 0 Å². The van der Waals surface area contributed by atoms with Crippen LogP contribution >= 0.6 is 27.3 Å². The third kappa shape index (κ3) is 2.95. The van der Waals surface area contributed by atoms with Crippen LogP contribution in [-0.4, -0.2) is 5.78 Å². The van der Waals surface area contributed by atoms with E-state index < -0.39 is 0 Å². The van der Waals surface area contributed by atoms with E-state index in [0.717, 1.165) is 15.1 Å². The lowest BCUT2D eigenvalue weighted by atomic mass is 9.93. The Labute approximate surface area is 125 Å². The normalized spacial score (nSPS) is 14.2. The molecule has 1 aliphatic rings. The number of rotatable bonds is 3. The van der Waals surface area contributed by atoms with Crippen LogP contribution in [0.15, 0.2) is 34.4 Å². The third-order valence-corrected chi connectivity index (χ3v) is 5.18. The van der Waals surface area contributed by atoms with Crippen molar-refractivity contribution in [3.05, 3.63) is 50.4 Å². The smallest absolute Gasteiger partial charge is 0.237 e. The van der Waals surface area contributed by atoms with E-state index in [0.29, 0.717) is 6.54 Å². The molecule has 2 nitrogen and oxygen atoms in total. The van der Waals surface area contributed by atoms with Crippen molar-refractivity contribution in [2.75, 3.05) is 0 Å². The number of nitrogens with zero attached hydrogens (tertiary/aromatic N) is 1. The molecule has 1 aliphatic carbocycles. The first-order chi connectivity index (χ1) is 9.22. The van der Waals surface area contributed by atoms with Gasteiger partial charge in [-0.1, -0.05) is 0 Å². The molecule has 0 aromatic carbocycles. The highest BCUT2D eigenvalue weighted by atomic mass is 79.9. The summed E-state index contributed by atoms with van der Waals surface area (Å²) in [5, 5.41) is 0. The van der Waals surface area contributed by atoms with Crippen molar-refractivity contribution in [2.24, 2.45) is 0 Å². The number of aryl methyl sites for hydroxylation is 2. The van der Waals surface area contributed by atoms with E-state index in [1.54, 1.807) is 0 Å². The molecule has 0 N–H and O–H groups in total. The Kier molecular flexibility index (Phi) is 3.80. The molecule has 0 bridgehead atoms. The molecule has 2 heterocycles. The zero-order valence-electron chi connectivity index (χ0n) is 10.6. The van der Waals surface area contributed by atoms with E-state index in [2.05, 4.69) is 28.2 Å².